The van der Waals surface area contributed by atoms with Gasteiger partial charge in [-0.3, -0.25) is 4.79 Å². The van der Waals surface area contributed by atoms with Crippen LogP contribution in [0.15, 0.2) is 0 Å². The van der Waals surface area contributed by atoms with E-state index in [0.29, 0.717) is 11.8 Å². The first-order valence-electron chi connectivity index (χ1n) is 6.89. The molecule has 108 valence electrons. The van der Waals surface area contributed by atoms with Crippen LogP contribution >= 0.6 is 0 Å². The third kappa shape index (κ3) is 3.01. The highest BCUT2D eigenvalue weighted by Gasteiger charge is 2.52. The third-order valence-electron chi connectivity index (χ3n) is 4.07. The summed E-state index contributed by atoms with van der Waals surface area (Å²) in [5.74, 6) is 0.295. The zero-order valence-corrected chi connectivity index (χ0v) is 12.1. The lowest BCUT2D eigenvalue weighted by Crippen LogP contribution is -2.48. The van der Waals surface area contributed by atoms with E-state index in [9.17, 15) is 9.59 Å². The Morgan fingerprint density at radius 2 is 1.79 bits per heavy atom. The Morgan fingerprint density at radius 1 is 1.16 bits per heavy atom. The van der Waals surface area contributed by atoms with Crippen LogP contribution in [0.4, 0.5) is 4.79 Å². The largest absolute Gasteiger partial charge is 0.469 e. The fourth-order valence-corrected chi connectivity index (χ4v) is 3.42. The highest BCUT2D eigenvalue weighted by atomic mass is 16.6. The number of carbonyl (C=O) groups is 2. The van der Waals surface area contributed by atoms with Gasteiger partial charge in [0.1, 0.15) is 5.60 Å². The Morgan fingerprint density at radius 3 is 2.37 bits per heavy atom. The van der Waals surface area contributed by atoms with Gasteiger partial charge in [0.15, 0.2) is 0 Å². The molecule has 5 nitrogen and oxygen atoms in total. The van der Waals surface area contributed by atoms with Crippen LogP contribution in [0.2, 0.25) is 0 Å². The predicted octanol–water partition coefficient (Wildman–Crippen LogP) is 2.10. The summed E-state index contributed by atoms with van der Waals surface area (Å²) in [4.78, 5) is 23.7. The lowest BCUT2D eigenvalue weighted by molar-refractivity contribution is -0.148. The SMILES string of the molecule is COC(=O)C1[C@@H]2CC[C@@H](C2)[C@H]1NC(=O)OC(C)(C)C. The summed E-state index contributed by atoms with van der Waals surface area (Å²) in [5, 5.41) is 2.87. The van der Waals surface area contributed by atoms with E-state index in [4.69, 9.17) is 9.47 Å². The molecular weight excluding hydrogens is 246 g/mol. The predicted molar refractivity (Wildman–Crippen MR) is 69.5 cm³/mol. The molecule has 19 heavy (non-hydrogen) atoms. The highest BCUT2D eigenvalue weighted by molar-refractivity contribution is 5.76. The van der Waals surface area contributed by atoms with E-state index in [0.717, 1.165) is 19.3 Å². The Labute approximate surface area is 114 Å². The number of nitrogens with one attached hydrogen (secondary N) is 1. The highest BCUT2D eigenvalue weighted by Crippen LogP contribution is 2.48. The van der Waals surface area contributed by atoms with E-state index in [1.165, 1.54) is 7.11 Å². The normalized spacial score (nSPS) is 33.1. The maximum Gasteiger partial charge on any atom is 0.407 e. The lowest BCUT2D eigenvalue weighted by Gasteiger charge is -2.30. The van der Waals surface area contributed by atoms with Crippen molar-refractivity contribution in [1.29, 1.82) is 0 Å². The van der Waals surface area contributed by atoms with Gasteiger partial charge in [0.25, 0.3) is 0 Å². The minimum atomic E-state index is -0.525. The fraction of sp³-hybridized carbons (Fsp3) is 0.857. The van der Waals surface area contributed by atoms with E-state index >= 15 is 0 Å². The van der Waals surface area contributed by atoms with Gasteiger partial charge < -0.3 is 14.8 Å². The minimum absolute atomic E-state index is 0.138. The van der Waals surface area contributed by atoms with E-state index in [2.05, 4.69) is 5.32 Å². The van der Waals surface area contributed by atoms with Crippen molar-refractivity contribution in [1.82, 2.24) is 5.32 Å². The summed E-state index contributed by atoms with van der Waals surface area (Å²) in [7, 11) is 1.40. The maximum absolute atomic E-state index is 11.9. The molecule has 0 aromatic rings. The van der Waals surface area contributed by atoms with Crippen LogP contribution in [-0.2, 0) is 14.3 Å². The smallest absolute Gasteiger partial charge is 0.407 e. The summed E-state index contributed by atoms with van der Waals surface area (Å²) in [6.45, 7) is 5.47. The fourth-order valence-electron chi connectivity index (χ4n) is 3.42. The molecule has 1 N–H and O–H groups in total. The van der Waals surface area contributed by atoms with E-state index in [-0.39, 0.29) is 17.9 Å². The Bertz CT molecular complexity index is 374. The van der Waals surface area contributed by atoms with Gasteiger partial charge in [-0.2, -0.15) is 0 Å². The number of alkyl carbamates (subject to hydrolysis) is 1. The molecule has 2 rings (SSSR count). The van der Waals surface area contributed by atoms with Crippen molar-refractivity contribution in [3.63, 3.8) is 0 Å². The van der Waals surface area contributed by atoms with Crippen molar-refractivity contribution < 1.29 is 19.1 Å². The van der Waals surface area contributed by atoms with Crippen molar-refractivity contribution in [3.05, 3.63) is 0 Å². The third-order valence-corrected chi connectivity index (χ3v) is 4.07. The summed E-state index contributed by atoms with van der Waals surface area (Å²) in [6, 6.07) is -0.138. The molecule has 2 fully saturated rings. The van der Waals surface area contributed by atoms with Crippen LogP contribution < -0.4 is 5.32 Å². The van der Waals surface area contributed by atoms with E-state index < -0.39 is 11.7 Å². The van der Waals surface area contributed by atoms with Gasteiger partial charge in [-0.15, -0.1) is 0 Å². The summed E-state index contributed by atoms with van der Waals surface area (Å²) >= 11 is 0. The van der Waals surface area contributed by atoms with E-state index in [1.54, 1.807) is 0 Å². The standard InChI is InChI=1S/C14H23NO4/c1-14(2,3)19-13(17)15-11-9-6-5-8(7-9)10(11)12(16)18-4/h8-11H,5-7H2,1-4H3,(H,15,17)/t8-,9+,10?,11-/m1/s1. The first-order chi connectivity index (χ1) is 8.81. The summed E-state index contributed by atoms with van der Waals surface area (Å²) < 4.78 is 10.1. The second-order valence-electron chi connectivity index (χ2n) is 6.55. The molecule has 0 spiro atoms. The molecule has 0 aliphatic heterocycles. The number of ether oxygens (including phenoxy) is 2. The Balaban J connectivity index is 2.02. The molecule has 0 aromatic heterocycles. The van der Waals surface area contributed by atoms with Crippen molar-refractivity contribution in [2.45, 2.75) is 51.7 Å². The minimum Gasteiger partial charge on any atom is -0.469 e. The van der Waals surface area contributed by atoms with Gasteiger partial charge in [-0.25, -0.2) is 4.79 Å². The Kier molecular flexibility index (Phi) is 3.74. The van der Waals surface area contributed by atoms with Gasteiger partial charge in [0.2, 0.25) is 0 Å². The van der Waals surface area contributed by atoms with Crippen LogP contribution in [0.25, 0.3) is 0 Å². The van der Waals surface area contributed by atoms with Crippen LogP contribution in [0.1, 0.15) is 40.0 Å². The topological polar surface area (TPSA) is 64.6 Å². The lowest BCUT2D eigenvalue weighted by atomic mass is 9.84. The van der Waals surface area contributed by atoms with E-state index in [1.807, 2.05) is 20.8 Å². The Hall–Kier alpha value is -1.26. The number of esters is 1. The van der Waals surface area contributed by atoms with Gasteiger partial charge in [-0.1, -0.05) is 0 Å². The molecule has 2 saturated carbocycles. The number of hydrogen-bond donors (Lipinski definition) is 1. The summed E-state index contributed by atoms with van der Waals surface area (Å²) in [6.07, 6.45) is 2.68. The molecule has 2 aliphatic carbocycles. The molecule has 2 bridgehead atoms. The molecule has 1 amide bonds. The number of methoxy groups -OCH3 is 1. The number of fused-ring (bicyclic) bond motifs is 2. The second-order valence-corrected chi connectivity index (χ2v) is 6.55. The number of hydrogen-bond acceptors (Lipinski definition) is 4. The first-order valence-corrected chi connectivity index (χ1v) is 6.89. The van der Waals surface area contributed by atoms with Gasteiger partial charge >= 0.3 is 12.1 Å². The molecule has 0 saturated heterocycles. The molecule has 4 atom stereocenters. The quantitative estimate of drug-likeness (QED) is 0.780. The van der Waals surface area contributed by atoms with Crippen LogP contribution in [-0.4, -0.2) is 30.8 Å². The number of carbonyl (C=O) groups excluding carboxylic acids is 2. The van der Waals surface area contributed by atoms with Crippen LogP contribution in [0.5, 0.6) is 0 Å². The van der Waals surface area contributed by atoms with Gasteiger partial charge in [0.05, 0.1) is 13.0 Å². The van der Waals surface area contributed by atoms with Crippen molar-refractivity contribution in [3.8, 4) is 0 Å². The molecule has 1 unspecified atom stereocenters. The zero-order chi connectivity index (χ0) is 14.2. The molecular formula is C14H23NO4. The van der Waals surface area contributed by atoms with Crippen molar-refractivity contribution in [2.24, 2.45) is 17.8 Å². The summed E-state index contributed by atoms with van der Waals surface area (Å²) in [5.41, 5.74) is -0.525. The monoisotopic (exact) mass is 269 g/mol. The zero-order valence-electron chi connectivity index (χ0n) is 12.1. The van der Waals surface area contributed by atoms with Gasteiger partial charge in [-0.05, 0) is 51.9 Å². The molecule has 5 heteroatoms. The first kappa shape index (κ1) is 14.2. The van der Waals surface area contributed by atoms with Crippen LogP contribution in [0.3, 0.4) is 0 Å². The van der Waals surface area contributed by atoms with Gasteiger partial charge in [0, 0.05) is 6.04 Å². The van der Waals surface area contributed by atoms with Crippen molar-refractivity contribution in [2.75, 3.05) is 7.11 Å². The van der Waals surface area contributed by atoms with Crippen molar-refractivity contribution >= 4 is 12.1 Å². The number of rotatable bonds is 2. The molecule has 2 aliphatic rings. The number of amides is 1. The average molecular weight is 269 g/mol. The maximum atomic E-state index is 11.9. The molecule has 0 aromatic carbocycles. The molecule has 0 heterocycles. The average Bonchev–Trinajstić information content (AvgIpc) is 2.85. The second kappa shape index (κ2) is 5.02. The molecule has 0 radical (unpaired) electrons. The van der Waals surface area contributed by atoms with Crippen LogP contribution in [0, 0.1) is 17.8 Å².